The molecule has 0 saturated heterocycles. The lowest BCUT2D eigenvalue weighted by atomic mass is 10.0. The molecule has 112 valence electrons. The summed E-state index contributed by atoms with van der Waals surface area (Å²) in [6.07, 6.45) is 0. The van der Waals surface area contributed by atoms with Gasteiger partial charge < -0.3 is 10.1 Å². The van der Waals surface area contributed by atoms with Crippen LogP contribution < -0.4 is 10.1 Å². The van der Waals surface area contributed by atoms with E-state index in [4.69, 9.17) is 4.74 Å². The zero-order valence-electron chi connectivity index (χ0n) is 12.6. The van der Waals surface area contributed by atoms with E-state index < -0.39 is 0 Å². The van der Waals surface area contributed by atoms with E-state index in [9.17, 15) is 4.39 Å². The standard InChI is InChI=1S/C17H19BrFNO/c1-10-5-6-17(21-4)13(7-10)12(3)20-16-9-14(18)15(19)8-11(16)2/h5-9,12,20H,1-4H3. The van der Waals surface area contributed by atoms with E-state index in [-0.39, 0.29) is 11.9 Å². The van der Waals surface area contributed by atoms with Crippen molar-refractivity contribution >= 4 is 21.6 Å². The lowest BCUT2D eigenvalue weighted by Crippen LogP contribution is -2.09. The normalized spacial score (nSPS) is 12.1. The summed E-state index contributed by atoms with van der Waals surface area (Å²) >= 11 is 3.23. The van der Waals surface area contributed by atoms with Crippen molar-refractivity contribution in [1.82, 2.24) is 0 Å². The zero-order chi connectivity index (χ0) is 15.6. The van der Waals surface area contributed by atoms with E-state index in [0.29, 0.717) is 4.47 Å². The zero-order valence-corrected chi connectivity index (χ0v) is 14.2. The van der Waals surface area contributed by atoms with Gasteiger partial charge in [-0.15, -0.1) is 0 Å². The SMILES string of the molecule is COc1ccc(C)cc1C(C)Nc1cc(Br)c(F)cc1C. The molecule has 0 aliphatic carbocycles. The van der Waals surface area contributed by atoms with Crippen molar-refractivity contribution in [3.05, 3.63) is 57.3 Å². The van der Waals surface area contributed by atoms with E-state index in [1.165, 1.54) is 11.6 Å². The third kappa shape index (κ3) is 3.56. The maximum absolute atomic E-state index is 13.5. The largest absolute Gasteiger partial charge is 0.496 e. The molecule has 0 amide bonds. The van der Waals surface area contributed by atoms with Gasteiger partial charge in [0, 0.05) is 11.3 Å². The predicted octanol–water partition coefficient (Wildman–Crippen LogP) is 5.39. The first-order valence-corrected chi connectivity index (χ1v) is 7.58. The number of methoxy groups -OCH3 is 1. The fourth-order valence-corrected chi connectivity index (χ4v) is 2.65. The first-order chi connectivity index (χ1) is 9.92. The first kappa shape index (κ1) is 15.8. The van der Waals surface area contributed by atoms with Crippen LogP contribution in [0.25, 0.3) is 0 Å². The fraction of sp³-hybridized carbons (Fsp3) is 0.294. The number of nitrogens with one attached hydrogen (secondary N) is 1. The molecule has 2 nitrogen and oxygen atoms in total. The summed E-state index contributed by atoms with van der Waals surface area (Å²) < 4.78 is 19.4. The van der Waals surface area contributed by atoms with Crippen molar-refractivity contribution in [3.63, 3.8) is 0 Å². The molecule has 0 saturated carbocycles. The van der Waals surface area contributed by atoms with Crippen LogP contribution in [0.3, 0.4) is 0 Å². The summed E-state index contributed by atoms with van der Waals surface area (Å²) in [5.74, 6) is 0.596. The van der Waals surface area contributed by atoms with Crippen LogP contribution in [0.4, 0.5) is 10.1 Å². The van der Waals surface area contributed by atoms with Gasteiger partial charge in [-0.3, -0.25) is 0 Å². The minimum absolute atomic E-state index is 0.0518. The van der Waals surface area contributed by atoms with Gasteiger partial charge in [-0.2, -0.15) is 0 Å². The Labute approximate surface area is 133 Å². The number of aryl methyl sites for hydroxylation is 2. The molecule has 0 fully saturated rings. The number of ether oxygens (including phenoxy) is 1. The Morgan fingerprint density at radius 1 is 1.19 bits per heavy atom. The molecule has 1 atom stereocenters. The second-order valence-corrected chi connectivity index (χ2v) is 6.05. The molecule has 4 heteroatoms. The number of benzene rings is 2. The number of hydrogen-bond donors (Lipinski definition) is 1. The Hall–Kier alpha value is -1.55. The summed E-state index contributed by atoms with van der Waals surface area (Å²) in [5, 5.41) is 3.42. The Balaban J connectivity index is 2.32. The van der Waals surface area contributed by atoms with Crippen LogP contribution in [-0.2, 0) is 0 Å². The van der Waals surface area contributed by atoms with Crippen LogP contribution in [0.5, 0.6) is 5.75 Å². The number of hydrogen-bond acceptors (Lipinski definition) is 2. The molecule has 2 aromatic rings. The van der Waals surface area contributed by atoms with Gasteiger partial charge >= 0.3 is 0 Å². The van der Waals surface area contributed by atoms with Crippen molar-refractivity contribution in [2.24, 2.45) is 0 Å². The highest BCUT2D eigenvalue weighted by Crippen LogP contribution is 2.31. The number of rotatable bonds is 4. The molecule has 0 aromatic heterocycles. The van der Waals surface area contributed by atoms with Crippen LogP contribution in [0.15, 0.2) is 34.8 Å². The highest BCUT2D eigenvalue weighted by molar-refractivity contribution is 9.10. The number of halogens is 2. The van der Waals surface area contributed by atoms with Crippen molar-refractivity contribution < 1.29 is 9.13 Å². The van der Waals surface area contributed by atoms with E-state index in [2.05, 4.69) is 41.2 Å². The fourth-order valence-electron chi connectivity index (χ4n) is 2.30. The lowest BCUT2D eigenvalue weighted by Gasteiger charge is -2.20. The molecule has 0 radical (unpaired) electrons. The second-order valence-electron chi connectivity index (χ2n) is 5.19. The van der Waals surface area contributed by atoms with Gasteiger partial charge in [-0.25, -0.2) is 4.39 Å². The van der Waals surface area contributed by atoms with Gasteiger partial charge in [0.1, 0.15) is 11.6 Å². The smallest absolute Gasteiger partial charge is 0.137 e. The Morgan fingerprint density at radius 3 is 2.57 bits per heavy atom. The van der Waals surface area contributed by atoms with Crippen LogP contribution >= 0.6 is 15.9 Å². The van der Waals surface area contributed by atoms with E-state index in [1.807, 2.05) is 19.1 Å². The molecule has 1 unspecified atom stereocenters. The molecule has 21 heavy (non-hydrogen) atoms. The molecule has 1 N–H and O–H groups in total. The highest BCUT2D eigenvalue weighted by atomic mass is 79.9. The summed E-state index contributed by atoms with van der Waals surface area (Å²) in [6.45, 7) is 6.00. The monoisotopic (exact) mass is 351 g/mol. The molecule has 0 heterocycles. The van der Waals surface area contributed by atoms with Gasteiger partial charge in [0.05, 0.1) is 17.6 Å². The molecular formula is C17H19BrFNO. The van der Waals surface area contributed by atoms with Crippen molar-refractivity contribution in [2.45, 2.75) is 26.8 Å². The van der Waals surface area contributed by atoms with E-state index in [0.717, 1.165) is 22.6 Å². The Bertz CT molecular complexity index is 657. The maximum atomic E-state index is 13.5. The maximum Gasteiger partial charge on any atom is 0.137 e. The minimum atomic E-state index is -0.251. The average molecular weight is 352 g/mol. The first-order valence-electron chi connectivity index (χ1n) is 6.79. The second kappa shape index (κ2) is 6.48. The molecule has 0 spiro atoms. The third-order valence-corrected chi connectivity index (χ3v) is 4.10. The molecule has 2 aromatic carbocycles. The molecule has 0 aliphatic rings. The summed E-state index contributed by atoms with van der Waals surface area (Å²) in [4.78, 5) is 0. The average Bonchev–Trinajstić information content (AvgIpc) is 2.44. The Kier molecular flexibility index (Phi) is 4.88. The van der Waals surface area contributed by atoms with Crippen molar-refractivity contribution in [3.8, 4) is 5.75 Å². The Morgan fingerprint density at radius 2 is 1.90 bits per heavy atom. The minimum Gasteiger partial charge on any atom is -0.496 e. The lowest BCUT2D eigenvalue weighted by molar-refractivity contribution is 0.408. The molecular weight excluding hydrogens is 333 g/mol. The third-order valence-electron chi connectivity index (χ3n) is 3.49. The topological polar surface area (TPSA) is 21.3 Å². The summed E-state index contributed by atoms with van der Waals surface area (Å²) in [5.41, 5.74) is 4.03. The van der Waals surface area contributed by atoms with Gasteiger partial charge in [-0.05, 0) is 60.5 Å². The summed E-state index contributed by atoms with van der Waals surface area (Å²) in [7, 11) is 1.67. The molecule has 2 rings (SSSR count). The van der Waals surface area contributed by atoms with Crippen molar-refractivity contribution in [1.29, 1.82) is 0 Å². The number of anilines is 1. The predicted molar refractivity (Wildman–Crippen MR) is 88.6 cm³/mol. The van der Waals surface area contributed by atoms with E-state index in [1.54, 1.807) is 13.2 Å². The molecule has 0 aliphatic heterocycles. The van der Waals surface area contributed by atoms with Gasteiger partial charge in [-0.1, -0.05) is 17.7 Å². The van der Waals surface area contributed by atoms with Crippen LogP contribution in [0.2, 0.25) is 0 Å². The van der Waals surface area contributed by atoms with Gasteiger partial charge in [0.25, 0.3) is 0 Å². The van der Waals surface area contributed by atoms with Crippen LogP contribution in [0.1, 0.15) is 29.7 Å². The van der Waals surface area contributed by atoms with Gasteiger partial charge in [0.2, 0.25) is 0 Å². The van der Waals surface area contributed by atoms with Crippen LogP contribution in [0, 0.1) is 19.7 Å². The van der Waals surface area contributed by atoms with E-state index >= 15 is 0 Å². The quantitative estimate of drug-likeness (QED) is 0.797. The highest BCUT2D eigenvalue weighted by Gasteiger charge is 2.13. The molecule has 0 bridgehead atoms. The summed E-state index contributed by atoms with van der Waals surface area (Å²) in [6, 6.07) is 9.43. The van der Waals surface area contributed by atoms with Gasteiger partial charge in [0.15, 0.2) is 0 Å². The van der Waals surface area contributed by atoms with Crippen molar-refractivity contribution in [2.75, 3.05) is 12.4 Å². The van der Waals surface area contributed by atoms with Crippen LogP contribution in [-0.4, -0.2) is 7.11 Å².